The summed E-state index contributed by atoms with van der Waals surface area (Å²) in [5.41, 5.74) is 1.67. The predicted molar refractivity (Wildman–Crippen MR) is 113 cm³/mol. The molecule has 2 amide bonds. The predicted octanol–water partition coefficient (Wildman–Crippen LogP) is 4.86. The minimum absolute atomic E-state index is 0.321. The Labute approximate surface area is 173 Å². The van der Waals surface area contributed by atoms with Gasteiger partial charge in [-0.1, -0.05) is 23.7 Å². The quantitative estimate of drug-likeness (QED) is 0.608. The molecule has 3 aromatic rings. The van der Waals surface area contributed by atoms with Gasteiger partial charge in [-0.2, -0.15) is 0 Å². The van der Waals surface area contributed by atoms with E-state index in [9.17, 15) is 9.59 Å². The summed E-state index contributed by atoms with van der Waals surface area (Å²) in [4.78, 5) is 25.3. The lowest BCUT2D eigenvalue weighted by atomic mass is 10.1. The zero-order valence-electron chi connectivity index (χ0n) is 15.9. The van der Waals surface area contributed by atoms with Crippen molar-refractivity contribution in [2.45, 2.75) is 0 Å². The number of hydrogen-bond acceptors (Lipinski definition) is 4. The van der Waals surface area contributed by atoms with Crippen molar-refractivity contribution < 1.29 is 19.1 Å². The molecule has 148 valence electrons. The van der Waals surface area contributed by atoms with Crippen molar-refractivity contribution >= 4 is 34.8 Å². The van der Waals surface area contributed by atoms with Gasteiger partial charge in [-0.15, -0.1) is 0 Å². The maximum absolute atomic E-state index is 12.7. The second kappa shape index (κ2) is 9.12. The molecule has 0 aliphatic rings. The number of benzene rings is 3. The molecule has 0 heterocycles. The van der Waals surface area contributed by atoms with E-state index in [0.717, 1.165) is 0 Å². The monoisotopic (exact) mass is 410 g/mol. The normalized spacial score (nSPS) is 10.2. The van der Waals surface area contributed by atoms with Gasteiger partial charge < -0.3 is 20.1 Å². The van der Waals surface area contributed by atoms with E-state index in [-0.39, 0.29) is 11.8 Å². The third kappa shape index (κ3) is 4.86. The third-order valence-electron chi connectivity index (χ3n) is 4.18. The van der Waals surface area contributed by atoms with E-state index >= 15 is 0 Å². The Balaban J connectivity index is 1.78. The van der Waals surface area contributed by atoms with Crippen LogP contribution in [0.1, 0.15) is 20.7 Å². The van der Waals surface area contributed by atoms with Gasteiger partial charge in [0.25, 0.3) is 11.8 Å². The Hall–Kier alpha value is -3.51. The zero-order chi connectivity index (χ0) is 20.8. The van der Waals surface area contributed by atoms with E-state index < -0.39 is 0 Å². The van der Waals surface area contributed by atoms with Gasteiger partial charge in [0.05, 0.1) is 30.5 Å². The highest BCUT2D eigenvalue weighted by atomic mass is 35.5. The fraction of sp³-hybridized carbons (Fsp3) is 0.0909. The van der Waals surface area contributed by atoms with Gasteiger partial charge in [0, 0.05) is 11.3 Å². The van der Waals surface area contributed by atoms with Crippen LogP contribution in [-0.4, -0.2) is 26.0 Å². The van der Waals surface area contributed by atoms with Crippen LogP contribution in [0.5, 0.6) is 11.5 Å². The van der Waals surface area contributed by atoms with Crippen molar-refractivity contribution in [3.8, 4) is 11.5 Å². The van der Waals surface area contributed by atoms with E-state index in [1.54, 1.807) is 73.8 Å². The number of carbonyl (C=O) groups excluding carboxylic acids is 2. The summed E-state index contributed by atoms with van der Waals surface area (Å²) in [5.74, 6) is 0.452. The largest absolute Gasteiger partial charge is 0.497 e. The number of amides is 2. The van der Waals surface area contributed by atoms with E-state index in [1.807, 2.05) is 0 Å². The van der Waals surface area contributed by atoms with Crippen molar-refractivity contribution in [3.05, 3.63) is 82.9 Å². The standard InChI is InChI=1S/C22H19ClN2O4/c1-28-16-10-7-14(8-11-16)21(26)25-19-6-4-3-5-17(19)22(27)24-15-9-12-20(29-2)18(23)13-15/h3-13H,1-2H3,(H,24,27)(H,25,26). The molecule has 2 N–H and O–H groups in total. The number of methoxy groups -OCH3 is 2. The van der Waals surface area contributed by atoms with Crippen LogP contribution in [0.15, 0.2) is 66.7 Å². The van der Waals surface area contributed by atoms with Crippen LogP contribution in [0.25, 0.3) is 0 Å². The number of halogens is 1. The van der Waals surface area contributed by atoms with Gasteiger partial charge in [-0.25, -0.2) is 0 Å². The number of hydrogen-bond donors (Lipinski definition) is 2. The molecule has 0 aromatic heterocycles. The van der Waals surface area contributed by atoms with Crippen molar-refractivity contribution in [1.82, 2.24) is 0 Å². The van der Waals surface area contributed by atoms with Gasteiger partial charge in [0.2, 0.25) is 0 Å². The van der Waals surface area contributed by atoms with E-state index in [2.05, 4.69) is 10.6 Å². The summed E-state index contributed by atoms with van der Waals surface area (Å²) >= 11 is 6.11. The van der Waals surface area contributed by atoms with Crippen LogP contribution in [0, 0.1) is 0 Å². The molecule has 0 radical (unpaired) electrons. The van der Waals surface area contributed by atoms with Gasteiger partial charge in [-0.05, 0) is 54.6 Å². The summed E-state index contributed by atoms with van der Waals surface area (Å²) in [6.45, 7) is 0. The molecule has 0 saturated carbocycles. The van der Waals surface area contributed by atoms with Crippen LogP contribution < -0.4 is 20.1 Å². The Morgan fingerprint density at radius 3 is 2.21 bits per heavy atom. The van der Waals surface area contributed by atoms with Crippen molar-refractivity contribution in [3.63, 3.8) is 0 Å². The molecular formula is C22H19ClN2O4. The van der Waals surface area contributed by atoms with Crippen molar-refractivity contribution in [1.29, 1.82) is 0 Å². The first-order valence-electron chi connectivity index (χ1n) is 8.71. The highest BCUT2D eigenvalue weighted by Gasteiger charge is 2.15. The fourth-order valence-electron chi connectivity index (χ4n) is 2.67. The zero-order valence-corrected chi connectivity index (χ0v) is 16.6. The molecule has 3 rings (SSSR count). The van der Waals surface area contributed by atoms with Crippen molar-refractivity contribution in [2.24, 2.45) is 0 Å². The first-order valence-corrected chi connectivity index (χ1v) is 9.09. The molecule has 0 atom stereocenters. The summed E-state index contributed by atoms with van der Waals surface area (Å²) in [7, 11) is 3.07. The van der Waals surface area contributed by atoms with Crippen LogP contribution in [0.4, 0.5) is 11.4 Å². The first kappa shape index (κ1) is 20.2. The van der Waals surface area contributed by atoms with Crippen LogP contribution in [0.2, 0.25) is 5.02 Å². The van der Waals surface area contributed by atoms with Crippen LogP contribution in [-0.2, 0) is 0 Å². The molecule has 29 heavy (non-hydrogen) atoms. The highest BCUT2D eigenvalue weighted by Crippen LogP contribution is 2.28. The fourth-order valence-corrected chi connectivity index (χ4v) is 2.93. The number of anilines is 2. The highest BCUT2D eigenvalue weighted by molar-refractivity contribution is 6.32. The summed E-state index contributed by atoms with van der Waals surface area (Å²) in [6.07, 6.45) is 0. The van der Waals surface area contributed by atoms with Gasteiger partial charge in [0.15, 0.2) is 0 Å². The maximum atomic E-state index is 12.7. The van der Waals surface area contributed by atoms with Crippen LogP contribution in [0.3, 0.4) is 0 Å². The van der Waals surface area contributed by atoms with E-state index in [1.165, 1.54) is 7.11 Å². The smallest absolute Gasteiger partial charge is 0.257 e. The molecule has 3 aromatic carbocycles. The average molecular weight is 411 g/mol. The summed E-state index contributed by atoms with van der Waals surface area (Å²) in [6, 6.07) is 18.4. The molecule has 0 saturated heterocycles. The van der Waals surface area contributed by atoms with E-state index in [4.69, 9.17) is 21.1 Å². The number of rotatable bonds is 6. The van der Waals surface area contributed by atoms with Gasteiger partial charge >= 0.3 is 0 Å². The lowest BCUT2D eigenvalue weighted by Crippen LogP contribution is -2.18. The van der Waals surface area contributed by atoms with Crippen LogP contribution >= 0.6 is 11.6 Å². The minimum atomic E-state index is -0.378. The topological polar surface area (TPSA) is 76.7 Å². The molecule has 0 unspecified atom stereocenters. The lowest BCUT2D eigenvalue weighted by Gasteiger charge is -2.12. The minimum Gasteiger partial charge on any atom is -0.497 e. The molecule has 0 fully saturated rings. The van der Waals surface area contributed by atoms with Gasteiger partial charge in [0.1, 0.15) is 11.5 Å². The number of ether oxygens (including phenoxy) is 2. The molecule has 0 spiro atoms. The number of carbonyl (C=O) groups is 2. The van der Waals surface area contributed by atoms with Crippen molar-refractivity contribution in [2.75, 3.05) is 24.9 Å². The summed E-state index contributed by atoms with van der Waals surface area (Å²) < 4.78 is 10.2. The van der Waals surface area contributed by atoms with Gasteiger partial charge in [-0.3, -0.25) is 9.59 Å². The average Bonchev–Trinajstić information content (AvgIpc) is 2.74. The Morgan fingerprint density at radius 1 is 0.828 bits per heavy atom. The second-order valence-electron chi connectivity index (χ2n) is 6.03. The SMILES string of the molecule is COc1ccc(C(=O)Nc2ccccc2C(=O)Nc2ccc(OC)c(Cl)c2)cc1. The number of para-hydroxylation sites is 1. The Morgan fingerprint density at radius 2 is 1.55 bits per heavy atom. The molecule has 7 heteroatoms. The third-order valence-corrected chi connectivity index (χ3v) is 4.48. The Bertz CT molecular complexity index is 1040. The lowest BCUT2D eigenvalue weighted by molar-refractivity contribution is 0.102. The second-order valence-corrected chi connectivity index (χ2v) is 6.44. The maximum Gasteiger partial charge on any atom is 0.257 e. The molecule has 6 nitrogen and oxygen atoms in total. The molecule has 0 aliphatic heterocycles. The number of nitrogens with one attached hydrogen (secondary N) is 2. The molecule has 0 aliphatic carbocycles. The summed E-state index contributed by atoms with van der Waals surface area (Å²) in [5, 5.41) is 5.93. The van der Waals surface area contributed by atoms with E-state index in [0.29, 0.717) is 39.0 Å². The molecule has 0 bridgehead atoms. The Kier molecular flexibility index (Phi) is 6.36. The first-order chi connectivity index (χ1) is 14.0. The molecular weight excluding hydrogens is 392 g/mol.